The Morgan fingerprint density at radius 3 is 2.43 bits per heavy atom. The van der Waals surface area contributed by atoms with Crippen LogP contribution in [0.3, 0.4) is 0 Å². The maximum absolute atomic E-state index is 13.9. The summed E-state index contributed by atoms with van der Waals surface area (Å²) in [6.07, 6.45) is 0.201. The van der Waals surface area contributed by atoms with Crippen molar-refractivity contribution in [2.75, 3.05) is 18.1 Å². The minimum atomic E-state index is -3.37. The summed E-state index contributed by atoms with van der Waals surface area (Å²) in [5, 5.41) is 9.49. The van der Waals surface area contributed by atoms with Gasteiger partial charge in [-0.25, -0.2) is 12.8 Å². The summed E-state index contributed by atoms with van der Waals surface area (Å²) in [6, 6.07) is 5.42. The van der Waals surface area contributed by atoms with Crippen molar-refractivity contribution < 1.29 is 22.7 Å². The zero-order valence-electron chi connectivity index (χ0n) is 11.9. The first-order chi connectivity index (χ1) is 9.79. The van der Waals surface area contributed by atoms with Gasteiger partial charge in [0.2, 0.25) is 0 Å². The number of rotatable bonds is 8. The van der Waals surface area contributed by atoms with Gasteiger partial charge in [-0.2, -0.15) is 0 Å². The molecule has 0 saturated carbocycles. The first-order valence-corrected chi connectivity index (χ1v) is 8.50. The summed E-state index contributed by atoms with van der Waals surface area (Å²) in [6.45, 7) is 1.35. The van der Waals surface area contributed by atoms with Crippen LogP contribution in [0.15, 0.2) is 24.3 Å². The summed E-state index contributed by atoms with van der Waals surface area (Å²) in [4.78, 5) is 11.6. The molecule has 0 bridgehead atoms. The van der Waals surface area contributed by atoms with Crippen LogP contribution in [0.5, 0.6) is 0 Å². The molecule has 0 aliphatic heterocycles. The van der Waals surface area contributed by atoms with E-state index in [2.05, 4.69) is 0 Å². The van der Waals surface area contributed by atoms with Crippen molar-refractivity contribution in [3.8, 4) is 0 Å². The smallest absolute Gasteiger partial charge is 0.315 e. The molecule has 0 radical (unpaired) electrons. The molecule has 118 valence electrons. The first-order valence-electron chi connectivity index (χ1n) is 6.68. The van der Waals surface area contributed by atoms with Gasteiger partial charge in [0.15, 0.2) is 0 Å². The van der Waals surface area contributed by atoms with E-state index in [9.17, 15) is 22.7 Å². The van der Waals surface area contributed by atoms with Crippen molar-refractivity contribution in [3.05, 3.63) is 35.6 Å². The molecule has 0 amide bonds. The topological polar surface area (TPSA) is 97.5 Å². The van der Waals surface area contributed by atoms with Gasteiger partial charge in [0.1, 0.15) is 21.1 Å². The molecule has 7 heteroatoms. The van der Waals surface area contributed by atoms with Gasteiger partial charge in [0.05, 0.1) is 5.75 Å². The summed E-state index contributed by atoms with van der Waals surface area (Å²) in [5.74, 6) is -2.37. The van der Waals surface area contributed by atoms with Crippen LogP contribution < -0.4 is 5.73 Å². The van der Waals surface area contributed by atoms with E-state index in [1.165, 1.54) is 18.2 Å². The van der Waals surface area contributed by atoms with Crippen LogP contribution in [0.25, 0.3) is 0 Å². The molecule has 0 aliphatic carbocycles. The largest absolute Gasteiger partial charge is 0.481 e. The van der Waals surface area contributed by atoms with Crippen molar-refractivity contribution in [1.29, 1.82) is 0 Å². The SMILES string of the molecule is CCCS(=O)(=O)CCC(CN)(C(=O)O)c1ccccc1F. The van der Waals surface area contributed by atoms with Crippen LogP contribution in [0.4, 0.5) is 4.39 Å². The molecule has 0 saturated heterocycles. The first kappa shape index (κ1) is 17.6. The molecule has 0 aliphatic rings. The number of sulfone groups is 1. The Bertz CT molecular complexity index is 603. The highest BCUT2D eigenvalue weighted by Gasteiger charge is 2.41. The Balaban J connectivity index is 3.18. The second-order valence-corrected chi connectivity index (χ2v) is 7.28. The Labute approximate surface area is 123 Å². The lowest BCUT2D eigenvalue weighted by Gasteiger charge is -2.28. The van der Waals surface area contributed by atoms with Crippen LogP contribution in [0, 0.1) is 5.82 Å². The van der Waals surface area contributed by atoms with Crippen LogP contribution in [-0.2, 0) is 20.0 Å². The molecule has 1 unspecified atom stereocenters. The lowest BCUT2D eigenvalue weighted by molar-refractivity contribution is -0.143. The van der Waals surface area contributed by atoms with E-state index in [1.807, 2.05) is 0 Å². The fourth-order valence-corrected chi connectivity index (χ4v) is 3.73. The average molecular weight is 317 g/mol. The second kappa shape index (κ2) is 7.00. The number of carbonyl (C=O) groups is 1. The van der Waals surface area contributed by atoms with Gasteiger partial charge in [-0.05, 0) is 18.9 Å². The zero-order chi connectivity index (χ0) is 16.1. The number of halogens is 1. The fraction of sp³-hybridized carbons (Fsp3) is 0.500. The lowest BCUT2D eigenvalue weighted by Crippen LogP contribution is -2.45. The molecule has 5 nitrogen and oxygen atoms in total. The number of benzene rings is 1. The number of aliphatic carboxylic acids is 1. The lowest BCUT2D eigenvalue weighted by atomic mass is 9.78. The van der Waals surface area contributed by atoms with Crippen LogP contribution in [0.1, 0.15) is 25.3 Å². The third-order valence-electron chi connectivity index (χ3n) is 3.50. The van der Waals surface area contributed by atoms with E-state index >= 15 is 0 Å². The molecule has 0 spiro atoms. The number of carboxylic acids is 1. The monoisotopic (exact) mass is 317 g/mol. The molecule has 1 rings (SSSR count). The third kappa shape index (κ3) is 4.01. The van der Waals surface area contributed by atoms with Crippen molar-refractivity contribution in [2.45, 2.75) is 25.2 Å². The van der Waals surface area contributed by atoms with Gasteiger partial charge < -0.3 is 10.8 Å². The van der Waals surface area contributed by atoms with Gasteiger partial charge in [-0.3, -0.25) is 4.79 Å². The van der Waals surface area contributed by atoms with E-state index in [0.717, 1.165) is 6.07 Å². The Morgan fingerprint density at radius 1 is 1.33 bits per heavy atom. The molecule has 0 heterocycles. The van der Waals surface area contributed by atoms with Gasteiger partial charge in [0.25, 0.3) is 0 Å². The minimum absolute atomic E-state index is 0.0233. The van der Waals surface area contributed by atoms with Crippen molar-refractivity contribution >= 4 is 15.8 Å². The summed E-state index contributed by atoms with van der Waals surface area (Å²) >= 11 is 0. The maximum atomic E-state index is 13.9. The number of nitrogens with two attached hydrogens (primary N) is 1. The van der Waals surface area contributed by atoms with E-state index in [4.69, 9.17) is 5.73 Å². The highest BCUT2D eigenvalue weighted by molar-refractivity contribution is 7.91. The van der Waals surface area contributed by atoms with E-state index in [0.29, 0.717) is 6.42 Å². The third-order valence-corrected chi connectivity index (χ3v) is 5.36. The van der Waals surface area contributed by atoms with Gasteiger partial charge >= 0.3 is 5.97 Å². The van der Waals surface area contributed by atoms with Gasteiger partial charge in [-0.1, -0.05) is 25.1 Å². The Kier molecular flexibility index (Phi) is 5.86. The van der Waals surface area contributed by atoms with Crippen LogP contribution in [0.2, 0.25) is 0 Å². The second-order valence-electron chi connectivity index (χ2n) is 4.97. The molecular formula is C14H20FNO4S. The summed E-state index contributed by atoms with van der Waals surface area (Å²) in [7, 11) is -3.37. The van der Waals surface area contributed by atoms with Crippen molar-refractivity contribution in [1.82, 2.24) is 0 Å². The Morgan fingerprint density at radius 2 is 1.95 bits per heavy atom. The Hall–Kier alpha value is -1.47. The van der Waals surface area contributed by atoms with Crippen LogP contribution in [-0.4, -0.2) is 37.5 Å². The quantitative estimate of drug-likeness (QED) is 0.753. The molecular weight excluding hydrogens is 297 g/mol. The normalized spacial score (nSPS) is 14.6. The summed E-state index contributed by atoms with van der Waals surface area (Å²) in [5.41, 5.74) is 3.76. The van der Waals surface area contributed by atoms with E-state index in [-0.39, 0.29) is 30.0 Å². The van der Waals surface area contributed by atoms with E-state index < -0.39 is 27.0 Å². The van der Waals surface area contributed by atoms with E-state index in [1.54, 1.807) is 6.92 Å². The van der Waals surface area contributed by atoms with Gasteiger partial charge in [-0.15, -0.1) is 0 Å². The standard InChI is InChI=1S/C14H20FNO4S/c1-2-8-21(19,20)9-7-14(10-16,13(17)18)11-5-3-4-6-12(11)15/h3-6H,2,7-10,16H2,1H3,(H,17,18). The molecule has 1 aromatic carbocycles. The molecule has 0 aromatic heterocycles. The predicted octanol–water partition coefficient (Wildman–Crippen LogP) is 1.32. The molecule has 0 fully saturated rings. The molecule has 1 atom stereocenters. The molecule has 1 aromatic rings. The number of hydrogen-bond donors (Lipinski definition) is 2. The van der Waals surface area contributed by atoms with Crippen LogP contribution >= 0.6 is 0 Å². The fourth-order valence-electron chi connectivity index (χ4n) is 2.25. The number of carboxylic acid groups (broad SMARTS) is 1. The minimum Gasteiger partial charge on any atom is -0.481 e. The van der Waals surface area contributed by atoms with Crippen molar-refractivity contribution in [2.24, 2.45) is 5.73 Å². The number of hydrogen-bond acceptors (Lipinski definition) is 4. The molecule has 21 heavy (non-hydrogen) atoms. The highest BCUT2D eigenvalue weighted by Crippen LogP contribution is 2.30. The van der Waals surface area contributed by atoms with Crippen molar-refractivity contribution in [3.63, 3.8) is 0 Å². The summed E-state index contributed by atoms with van der Waals surface area (Å²) < 4.78 is 37.5. The predicted molar refractivity (Wildman–Crippen MR) is 78.3 cm³/mol. The highest BCUT2D eigenvalue weighted by atomic mass is 32.2. The molecule has 3 N–H and O–H groups in total. The van der Waals surface area contributed by atoms with Gasteiger partial charge in [0, 0.05) is 17.9 Å². The maximum Gasteiger partial charge on any atom is 0.315 e. The zero-order valence-corrected chi connectivity index (χ0v) is 12.7. The average Bonchev–Trinajstić information content (AvgIpc) is 2.41.